The molecular formula is C19H23NO6S. The Labute approximate surface area is 158 Å². The quantitative estimate of drug-likeness (QED) is 0.394. The van der Waals surface area contributed by atoms with Crippen LogP contribution in [0, 0.1) is 25.7 Å². The van der Waals surface area contributed by atoms with Gasteiger partial charge in [-0.25, -0.2) is 13.4 Å². The van der Waals surface area contributed by atoms with Gasteiger partial charge in [0, 0.05) is 12.0 Å². The van der Waals surface area contributed by atoms with E-state index in [1.54, 1.807) is 0 Å². The molecule has 2 rings (SSSR count). The molecular weight excluding hydrogens is 370 g/mol. The second-order valence-electron chi connectivity index (χ2n) is 6.08. The molecule has 2 aromatic rings. The van der Waals surface area contributed by atoms with Gasteiger partial charge < -0.3 is 19.4 Å². The first-order valence-electron chi connectivity index (χ1n) is 8.40. The first-order valence-corrected chi connectivity index (χ1v) is 10.2. The molecule has 0 aliphatic heterocycles. The summed E-state index contributed by atoms with van der Waals surface area (Å²) < 4.78 is 33.9. The summed E-state index contributed by atoms with van der Waals surface area (Å²) in [6.07, 6.45) is -1.33. The maximum Gasteiger partial charge on any atom is 0.226 e. The van der Waals surface area contributed by atoms with Crippen molar-refractivity contribution in [1.29, 1.82) is 0 Å². The number of aliphatic hydroxyl groups excluding tert-OH is 1. The van der Waals surface area contributed by atoms with Gasteiger partial charge in [-0.3, -0.25) is 0 Å². The van der Waals surface area contributed by atoms with Crippen molar-refractivity contribution in [3.05, 3.63) is 41.3 Å². The summed E-state index contributed by atoms with van der Waals surface area (Å²) in [6, 6.07) is 7.91. The summed E-state index contributed by atoms with van der Waals surface area (Å²) in [4.78, 5) is 4.49. The molecule has 1 aromatic carbocycles. The van der Waals surface area contributed by atoms with Crippen LogP contribution in [0.2, 0.25) is 0 Å². The zero-order chi connectivity index (χ0) is 19.9. The standard InChI is InChI=1S/C19H23NO6S/c1-14-5-7-16(8-6-14)19-20-17(15(2)26-19)9-11-25-10-3-4-12-27(23,24)13-18(21)22/h5-8,18,21-22H,9-13H2,1-2H3. The van der Waals surface area contributed by atoms with Crippen molar-refractivity contribution in [2.75, 3.05) is 24.7 Å². The molecule has 2 N–H and O–H groups in total. The van der Waals surface area contributed by atoms with Gasteiger partial charge in [-0.2, -0.15) is 0 Å². The van der Waals surface area contributed by atoms with Crippen LogP contribution in [-0.2, 0) is 21.0 Å². The van der Waals surface area contributed by atoms with Gasteiger partial charge in [0.25, 0.3) is 0 Å². The number of benzene rings is 1. The summed E-state index contributed by atoms with van der Waals surface area (Å²) >= 11 is 0. The Balaban J connectivity index is 1.78. The Morgan fingerprint density at radius 3 is 2.56 bits per heavy atom. The van der Waals surface area contributed by atoms with Crippen LogP contribution in [0.5, 0.6) is 0 Å². The molecule has 7 nitrogen and oxygen atoms in total. The summed E-state index contributed by atoms with van der Waals surface area (Å²) in [5.41, 5.74) is 2.88. The van der Waals surface area contributed by atoms with Gasteiger partial charge in [-0.05, 0) is 26.0 Å². The van der Waals surface area contributed by atoms with Crippen LogP contribution < -0.4 is 0 Å². The van der Waals surface area contributed by atoms with Crippen LogP contribution in [0.15, 0.2) is 28.7 Å². The van der Waals surface area contributed by atoms with Crippen molar-refractivity contribution in [2.24, 2.45) is 0 Å². The van der Waals surface area contributed by atoms with E-state index in [2.05, 4.69) is 16.8 Å². The molecule has 0 aliphatic rings. The van der Waals surface area contributed by atoms with E-state index < -0.39 is 27.6 Å². The highest BCUT2D eigenvalue weighted by Crippen LogP contribution is 2.22. The lowest BCUT2D eigenvalue weighted by atomic mass is 10.1. The van der Waals surface area contributed by atoms with Crippen molar-refractivity contribution < 1.29 is 27.8 Å². The van der Waals surface area contributed by atoms with E-state index in [9.17, 15) is 8.42 Å². The fourth-order valence-corrected chi connectivity index (χ4v) is 3.16. The number of oxazole rings is 1. The molecule has 0 fully saturated rings. The highest BCUT2D eigenvalue weighted by Gasteiger charge is 2.13. The Morgan fingerprint density at radius 1 is 1.19 bits per heavy atom. The SMILES string of the molecule is Cc1ccc(-c2nc(CCOCC#CCS(=O)(=O)CC(O)O)c(C)o2)cc1. The second-order valence-corrected chi connectivity index (χ2v) is 8.19. The predicted molar refractivity (Wildman–Crippen MR) is 101 cm³/mol. The number of nitrogens with zero attached hydrogens (tertiary/aromatic N) is 1. The molecule has 1 aromatic heterocycles. The van der Waals surface area contributed by atoms with Crippen molar-refractivity contribution in [2.45, 2.75) is 26.6 Å². The van der Waals surface area contributed by atoms with Crippen LogP contribution in [0.25, 0.3) is 11.5 Å². The van der Waals surface area contributed by atoms with Crippen LogP contribution in [0.4, 0.5) is 0 Å². The number of hydrogen-bond acceptors (Lipinski definition) is 7. The molecule has 0 saturated heterocycles. The number of sulfone groups is 1. The third-order valence-electron chi connectivity index (χ3n) is 3.67. The van der Waals surface area contributed by atoms with E-state index in [0.717, 1.165) is 22.6 Å². The van der Waals surface area contributed by atoms with Gasteiger partial charge in [-0.1, -0.05) is 29.5 Å². The minimum absolute atomic E-state index is 0.0823. The topological polar surface area (TPSA) is 110 Å². The largest absolute Gasteiger partial charge is 0.441 e. The Bertz CT molecular complexity index is 904. The van der Waals surface area contributed by atoms with E-state index in [4.69, 9.17) is 19.4 Å². The number of aliphatic hydroxyl groups is 2. The van der Waals surface area contributed by atoms with Crippen molar-refractivity contribution in [3.63, 3.8) is 0 Å². The lowest BCUT2D eigenvalue weighted by Crippen LogP contribution is -2.21. The van der Waals surface area contributed by atoms with E-state index in [1.807, 2.05) is 38.1 Å². The monoisotopic (exact) mass is 393 g/mol. The van der Waals surface area contributed by atoms with Crippen LogP contribution >= 0.6 is 0 Å². The normalized spacial score (nSPS) is 11.4. The number of hydrogen-bond donors (Lipinski definition) is 2. The van der Waals surface area contributed by atoms with Gasteiger partial charge >= 0.3 is 0 Å². The third kappa shape index (κ3) is 7.15. The molecule has 0 atom stereocenters. The molecule has 0 unspecified atom stereocenters. The number of ether oxygens (including phenoxy) is 1. The van der Waals surface area contributed by atoms with E-state index in [0.29, 0.717) is 18.9 Å². The molecule has 8 heteroatoms. The Hall–Kier alpha value is -2.18. The third-order valence-corrected chi connectivity index (χ3v) is 5.06. The van der Waals surface area contributed by atoms with E-state index in [-0.39, 0.29) is 6.61 Å². The zero-order valence-corrected chi connectivity index (χ0v) is 16.1. The molecule has 0 bridgehead atoms. The van der Waals surface area contributed by atoms with Crippen LogP contribution in [-0.4, -0.2) is 54.6 Å². The average Bonchev–Trinajstić information content (AvgIpc) is 2.94. The maximum atomic E-state index is 11.4. The van der Waals surface area contributed by atoms with Crippen LogP contribution in [0.3, 0.4) is 0 Å². The molecule has 0 aliphatic carbocycles. The van der Waals surface area contributed by atoms with Crippen molar-refractivity contribution in [3.8, 4) is 23.3 Å². The number of aromatic nitrogens is 1. The van der Waals surface area contributed by atoms with Crippen molar-refractivity contribution in [1.82, 2.24) is 4.98 Å². The molecule has 0 spiro atoms. The highest BCUT2D eigenvalue weighted by atomic mass is 32.2. The lowest BCUT2D eigenvalue weighted by Gasteiger charge is -2.01. The fourth-order valence-electron chi connectivity index (χ4n) is 2.27. The highest BCUT2D eigenvalue weighted by molar-refractivity contribution is 7.91. The smallest absolute Gasteiger partial charge is 0.226 e. The summed E-state index contributed by atoms with van der Waals surface area (Å²) in [7, 11) is -3.60. The van der Waals surface area contributed by atoms with E-state index >= 15 is 0 Å². The summed E-state index contributed by atoms with van der Waals surface area (Å²) in [6.45, 7) is 4.32. The van der Waals surface area contributed by atoms with E-state index in [1.165, 1.54) is 0 Å². The fraction of sp³-hybridized carbons (Fsp3) is 0.421. The average molecular weight is 393 g/mol. The van der Waals surface area contributed by atoms with Gasteiger partial charge in [-0.15, -0.1) is 0 Å². The molecule has 0 amide bonds. The minimum Gasteiger partial charge on any atom is -0.441 e. The minimum atomic E-state index is -3.60. The summed E-state index contributed by atoms with van der Waals surface area (Å²) in [5.74, 6) is 5.18. The molecule has 0 radical (unpaired) electrons. The number of aryl methyl sites for hydroxylation is 2. The van der Waals surface area contributed by atoms with Crippen LogP contribution in [0.1, 0.15) is 17.0 Å². The molecule has 146 valence electrons. The zero-order valence-electron chi connectivity index (χ0n) is 15.3. The van der Waals surface area contributed by atoms with Gasteiger partial charge in [0.2, 0.25) is 5.89 Å². The van der Waals surface area contributed by atoms with Gasteiger partial charge in [0.1, 0.15) is 23.9 Å². The van der Waals surface area contributed by atoms with Crippen molar-refractivity contribution >= 4 is 9.84 Å². The Kier molecular flexibility index (Phi) is 7.56. The molecule has 1 heterocycles. The van der Waals surface area contributed by atoms with Gasteiger partial charge in [0.05, 0.1) is 12.3 Å². The first-order chi connectivity index (χ1) is 12.8. The Morgan fingerprint density at radius 2 is 1.89 bits per heavy atom. The summed E-state index contributed by atoms with van der Waals surface area (Å²) in [5, 5.41) is 17.3. The molecule has 0 saturated carbocycles. The lowest BCUT2D eigenvalue weighted by molar-refractivity contribution is -0.0198. The maximum absolute atomic E-state index is 11.4. The second kappa shape index (κ2) is 9.67. The molecule has 27 heavy (non-hydrogen) atoms. The van der Waals surface area contributed by atoms with Gasteiger partial charge in [0.15, 0.2) is 16.1 Å². The number of rotatable bonds is 8. The predicted octanol–water partition coefficient (Wildman–Crippen LogP) is 1.25. The first kappa shape index (κ1) is 21.1.